The average Bonchev–Trinajstić information content (AvgIpc) is 3.23. The van der Waals surface area contributed by atoms with Crippen LogP contribution in [0, 0.1) is 6.92 Å². The number of anilines is 1. The van der Waals surface area contributed by atoms with E-state index in [4.69, 9.17) is 5.10 Å². The van der Waals surface area contributed by atoms with E-state index < -0.39 is 0 Å². The number of nitrogens with zero attached hydrogens (tertiary/aromatic N) is 2. The van der Waals surface area contributed by atoms with Crippen molar-refractivity contribution < 1.29 is 4.79 Å². The molecule has 1 aliphatic rings. The molecule has 24 heavy (non-hydrogen) atoms. The van der Waals surface area contributed by atoms with Gasteiger partial charge in [0, 0.05) is 22.8 Å². The zero-order chi connectivity index (χ0) is 16.7. The molecule has 1 amide bonds. The van der Waals surface area contributed by atoms with Crippen LogP contribution in [-0.4, -0.2) is 15.7 Å². The lowest BCUT2D eigenvalue weighted by Crippen LogP contribution is -2.24. The number of carbonyl (C=O) groups is 1. The number of nitrogens with one attached hydrogen (secondary N) is 1. The van der Waals surface area contributed by atoms with Gasteiger partial charge in [-0.15, -0.1) is 11.3 Å². The van der Waals surface area contributed by atoms with Crippen molar-refractivity contribution in [1.82, 2.24) is 9.78 Å². The van der Waals surface area contributed by atoms with E-state index in [9.17, 15) is 4.79 Å². The fraction of sp³-hybridized carbons (Fsp3) is 0.263. The Morgan fingerprint density at radius 3 is 2.75 bits per heavy atom. The summed E-state index contributed by atoms with van der Waals surface area (Å²) in [5.41, 5.74) is 4.38. The van der Waals surface area contributed by atoms with E-state index in [-0.39, 0.29) is 11.8 Å². The van der Waals surface area contributed by atoms with Gasteiger partial charge in [0.1, 0.15) is 5.82 Å². The van der Waals surface area contributed by atoms with Crippen LogP contribution in [0.25, 0.3) is 5.69 Å². The number of benzene rings is 1. The predicted molar refractivity (Wildman–Crippen MR) is 97.1 cm³/mol. The number of aryl methyl sites for hydroxylation is 2. The van der Waals surface area contributed by atoms with Crippen LogP contribution in [0.3, 0.4) is 0 Å². The molecule has 4 rings (SSSR count). The van der Waals surface area contributed by atoms with Crippen molar-refractivity contribution in [2.45, 2.75) is 32.6 Å². The SMILES string of the molecule is CCc1ccc(-n2nc(C)c3c2NC(=O)C[C@H]3c2cccs2)cc1. The summed E-state index contributed by atoms with van der Waals surface area (Å²) in [5.74, 6) is 0.955. The van der Waals surface area contributed by atoms with E-state index in [2.05, 4.69) is 48.0 Å². The molecule has 1 aliphatic heterocycles. The Kier molecular flexibility index (Phi) is 3.73. The second-order valence-electron chi connectivity index (χ2n) is 6.10. The summed E-state index contributed by atoms with van der Waals surface area (Å²) in [6.45, 7) is 4.16. The van der Waals surface area contributed by atoms with E-state index in [1.807, 2.05) is 17.7 Å². The van der Waals surface area contributed by atoms with Crippen LogP contribution < -0.4 is 5.32 Å². The van der Waals surface area contributed by atoms with Crippen LogP contribution in [-0.2, 0) is 11.2 Å². The Bertz CT molecular complexity index is 878. The van der Waals surface area contributed by atoms with Crippen molar-refractivity contribution in [2.24, 2.45) is 0 Å². The Morgan fingerprint density at radius 1 is 1.29 bits per heavy atom. The smallest absolute Gasteiger partial charge is 0.226 e. The van der Waals surface area contributed by atoms with Gasteiger partial charge in [0.15, 0.2) is 0 Å². The molecule has 0 unspecified atom stereocenters. The Labute approximate surface area is 145 Å². The van der Waals surface area contributed by atoms with Crippen molar-refractivity contribution in [2.75, 3.05) is 5.32 Å². The standard InChI is InChI=1S/C19H19N3OS/c1-3-13-6-8-14(9-7-13)22-19-18(12(2)21-22)15(11-17(23)20-19)16-5-4-10-24-16/h4-10,15H,3,11H2,1-2H3,(H,20,23)/t15-/m0/s1. The maximum Gasteiger partial charge on any atom is 0.226 e. The van der Waals surface area contributed by atoms with Crippen LogP contribution in [0.15, 0.2) is 41.8 Å². The third-order valence-corrected chi connectivity index (χ3v) is 5.56. The number of amides is 1. The Hall–Kier alpha value is -2.40. The third kappa shape index (κ3) is 2.45. The van der Waals surface area contributed by atoms with E-state index in [0.717, 1.165) is 29.2 Å². The van der Waals surface area contributed by atoms with Crippen LogP contribution in [0.2, 0.25) is 0 Å². The number of rotatable bonds is 3. The van der Waals surface area contributed by atoms with Gasteiger partial charge in [0.2, 0.25) is 5.91 Å². The van der Waals surface area contributed by atoms with Crippen LogP contribution >= 0.6 is 11.3 Å². The molecule has 0 bridgehead atoms. The minimum absolute atomic E-state index is 0.0484. The summed E-state index contributed by atoms with van der Waals surface area (Å²) in [4.78, 5) is 13.5. The number of fused-ring (bicyclic) bond motifs is 1. The largest absolute Gasteiger partial charge is 0.310 e. The van der Waals surface area contributed by atoms with Gasteiger partial charge in [-0.25, -0.2) is 4.68 Å². The van der Waals surface area contributed by atoms with Crippen molar-refractivity contribution in [3.05, 3.63) is 63.5 Å². The summed E-state index contributed by atoms with van der Waals surface area (Å²) in [5, 5.41) is 9.81. The highest BCUT2D eigenvalue weighted by Crippen LogP contribution is 2.41. The highest BCUT2D eigenvalue weighted by atomic mass is 32.1. The van der Waals surface area contributed by atoms with E-state index in [0.29, 0.717) is 6.42 Å². The van der Waals surface area contributed by atoms with E-state index >= 15 is 0 Å². The average molecular weight is 337 g/mol. The minimum Gasteiger partial charge on any atom is -0.310 e. The highest BCUT2D eigenvalue weighted by molar-refractivity contribution is 7.10. The predicted octanol–water partition coefficient (Wildman–Crippen LogP) is 4.28. The minimum atomic E-state index is 0.0484. The maximum absolute atomic E-state index is 12.3. The molecule has 4 nitrogen and oxygen atoms in total. The molecule has 1 aromatic carbocycles. The summed E-state index contributed by atoms with van der Waals surface area (Å²) in [7, 11) is 0. The van der Waals surface area contributed by atoms with Gasteiger partial charge >= 0.3 is 0 Å². The fourth-order valence-corrected chi connectivity index (χ4v) is 4.18. The molecule has 0 spiro atoms. The van der Waals surface area contributed by atoms with Gasteiger partial charge in [-0.3, -0.25) is 4.79 Å². The molecular weight excluding hydrogens is 318 g/mol. The first kappa shape index (κ1) is 15.1. The molecule has 2 aromatic heterocycles. The quantitative estimate of drug-likeness (QED) is 0.775. The first-order chi connectivity index (χ1) is 11.7. The molecular formula is C19H19N3OS. The zero-order valence-corrected chi connectivity index (χ0v) is 14.6. The molecule has 0 radical (unpaired) electrons. The second kappa shape index (κ2) is 5.91. The molecule has 0 fully saturated rings. The first-order valence-corrected chi connectivity index (χ1v) is 9.07. The normalized spacial score (nSPS) is 16.8. The van der Waals surface area contributed by atoms with Crippen molar-refractivity contribution in [1.29, 1.82) is 0 Å². The summed E-state index contributed by atoms with van der Waals surface area (Å²) >= 11 is 1.70. The number of hydrogen-bond donors (Lipinski definition) is 1. The van der Waals surface area contributed by atoms with Crippen molar-refractivity contribution in [3.63, 3.8) is 0 Å². The lowest BCUT2D eigenvalue weighted by molar-refractivity contribution is -0.116. The molecule has 5 heteroatoms. The van der Waals surface area contributed by atoms with Crippen LogP contribution in [0.5, 0.6) is 0 Å². The maximum atomic E-state index is 12.3. The van der Waals surface area contributed by atoms with Gasteiger partial charge in [-0.05, 0) is 42.5 Å². The van der Waals surface area contributed by atoms with E-state index in [1.165, 1.54) is 10.4 Å². The molecule has 0 saturated heterocycles. The lowest BCUT2D eigenvalue weighted by atomic mass is 9.91. The van der Waals surface area contributed by atoms with Gasteiger partial charge in [0.05, 0.1) is 11.4 Å². The van der Waals surface area contributed by atoms with E-state index in [1.54, 1.807) is 11.3 Å². The molecule has 0 aliphatic carbocycles. The molecule has 3 heterocycles. The van der Waals surface area contributed by atoms with Crippen LogP contribution in [0.1, 0.15) is 41.0 Å². The summed E-state index contributed by atoms with van der Waals surface area (Å²) < 4.78 is 1.86. The number of hydrogen-bond acceptors (Lipinski definition) is 3. The Balaban J connectivity index is 1.84. The number of aromatic nitrogens is 2. The fourth-order valence-electron chi connectivity index (χ4n) is 3.34. The molecule has 0 saturated carbocycles. The number of carbonyl (C=O) groups excluding carboxylic acids is 1. The van der Waals surface area contributed by atoms with Crippen molar-refractivity contribution in [3.8, 4) is 5.69 Å². The van der Waals surface area contributed by atoms with Gasteiger partial charge in [-0.1, -0.05) is 25.1 Å². The third-order valence-electron chi connectivity index (χ3n) is 4.58. The second-order valence-corrected chi connectivity index (χ2v) is 7.08. The number of thiophene rings is 1. The van der Waals surface area contributed by atoms with Crippen molar-refractivity contribution >= 4 is 23.1 Å². The zero-order valence-electron chi connectivity index (χ0n) is 13.7. The molecule has 1 N–H and O–H groups in total. The lowest BCUT2D eigenvalue weighted by Gasteiger charge is -2.23. The molecule has 3 aromatic rings. The van der Waals surface area contributed by atoms with Gasteiger partial charge < -0.3 is 5.32 Å². The molecule has 1 atom stereocenters. The molecule has 122 valence electrons. The Morgan fingerprint density at radius 2 is 2.08 bits per heavy atom. The summed E-state index contributed by atoms with van der Waals surface area (Å²) in [6.07, 6.45) is 1.49. The van der Waals surface area contributed by atoms with Gasteiger partial charge in [0.25, 0.3) is 0 Å². The highest BCUT2D eigenvalue weighted by Gasteiger charge is 2.33. The monoisotopic (exact) mass is 337 g/mol. The topological polar surface area (TPSA) is 46.9 Å². The van der Waals surface area contributed by atoms with Gasteiger partial charge in [-0.2, -0.15) is 5.10 Å². The van der Waals surface area contributed by atoms with Crippen LogP contribution in [0.4, 0.5) is 5.82 Å². The summed E-state index contributed by atoms with van der Waals surface area (Å²) in [6, 6.07) is 12.5. The first-order valence-electron chi connectivity index (χ1n) is 8.19.